The molecule has 4 rings (SSSR count). The maximum atomic E-state index is 13.0. The molecular formula is C25H27ClN6O2. The molecule has 8 nitrogen and oxygen atoms in total. The number of carbonyl (C=O) groups excluding carboxylic acids is 2. The highest BCUT2D eigenvalue weighted by atomic mass is 35.5. The average Bonchev–Trinajstić information content (AvgIpc) is 2.74. The number of benzene rings is 2. The molecule has 0 radical (unpaired) electrons. The van der Waals surface area contributed by atoms with Crippen LogP contribution in [-0.2, 0) is 9.59 Å². The highest BCUT2D eigenvalue weighted by molar-refractivity contribution is 6.14. The molecule has 0 saturated heterocycles. The van der Waals surface area contributed by atoms with Crippen molar-refractivity contribution < 1.29 is 9.59 Å². The summed E-state index contributed by atoms with van der Waals surface area (Å²) in [6.07, 6.45) is 0. The normalized spacial score (nSPS) is 11.2. The minimum atomic E-state index is -1.35. The molecule has 4 aromatic rings. The third kappa shape index (κ3) is 4.72. The number of pyridine rings is 2. The molecule has 2 aromatic carbocycles. The van der Waals surface area contributed by atoms with Gasteiger partial charge >= 0.3 is 0 Å². The Labute approximate surface area is 203 Å². The quantitative estimate of drug-likeness (QED) is 0.317. The first-order valence-corrected chi connectivity index (χ1v) is 10.5. The van der Waals surface area contributed by atoms with Crippen molar-refractivity contribution in [2.45, 2.75) is 27.7 Å². The number of nitrogens with one attached hydrogen (secondary N) is 2. The van der Waals surface area contributed by atoms with Gasteiger partial charge in [-0.2, -0.15) is 0 Å². The molecule has 0 spiro atoms. The number of hydrogen-bond donors (Lipinski definition) is 4. The minimum absolute atomic E-state index is 0. The van der Waals surface area contributed by atoms with E-state index in [2.05, 4.69) is 20.6 Å². The van der Waals surface area contributed by atoms with Crippen LogP contribution in [0, 0.1) is 19.3 Å². The van der Waals surface area contributed by atoms with E-state index >= 15 is 0 Å². The molecule has 176 valence electrons. The van der Waals surface area contributed by atoms with Crippen LogP contribution >= 0.6 is 12.4 Å². The van der Waals surface area contributed by atoms with E-state index < -0.39 is 17.2 Å². The van der Waals surface area contributed by atoms with E-state index in [0.29, 0.717) is 22.7 Å². The second kappa shape index (κ2) is 9.15. The number of hydrogen-bond acceptors (Lipinski definition) is 6. The van der Waals surface area contributed by atoms with Gasteiger partial charge in [-0.25, -0.2) is 0 Å². The van der Waals surface area contributed by atoms with Crippen molar-refractivity contribution in [1.29, 1.82) is 0 Å². The Morgan fingerprint density at radius 1 is 0.735 bits per heavy atom. The molecule has 0 aliphatic carbocycles. The molecule has 2 heterocycles. The minimum Gasteiger partial charge on any atom is -0.398 e. The van der Waals surface area contributed by atoms with Gasteiger partial charge in [-0.05, 0) is 76.2 Å². The van der Waals surface area contributed by atoms with Crippen molar-refractivity contribution in [3.63, 3.8) is 0 Å². The predicted octanol–water partition coefficient (Wildman–Crippen LogP) is 4.59. The molecule has 0 aliphatic rings. The van der Waals surface area contributed by atoms with Gasteiger partial charge in [0.25, 0.3) is 0 Å². The maximum absolute atomic E-state index is 13.0. The molecule has 0 bridgehead atoms. The average molecular weight is 479 g/mol. The summed E-state index contributed by atoms with van der Waals surface area (Å²) in [5.41, 5.74) is 16.2. The lowest BCUT2D eigenvalue weighted by molar-refractivity contribution is -0.135. The predicted molar refractivity (Wildman–Crippen MR) is 140 cm³/mol. The Morgan fingerprint density at radius 2 is 1.12 bits per heavy atom. The van der Waals surface area contributed by atoms with Crippen LogP contribution < -0.4 is 22.1 Å². The van der Waals surface area contributed by atoms with Gasteiger partial charge in [0.05, 0.1) is 11.0 Å². The zero-order valence-corrected chi connectivity index (χ0v) is 20.2. The summed E-state index contributed by atoms with van der Waals surface area (Å²) in [4.78, 5) is 34.9. The number of fused-ring (bicyclic) bond motifs is 2. The van der Waals surface area contributed by atoms with Crippen LogP contribution in [0.4, 0.5) is 22.7 Å². The van der Waals surface area contributed by atoms with Crippen LogP contribution in [0.2, 0.25) is 0 Å². The van der Waals surface area contributed by atoms with Crippen LogP contribution in [0.3, 0.4) is 0 Å². The number of rotatable bonds is 4. The van der Waals surface area contributed by atoms with Gasteiger partial charge in [-0.3, -0.25) is 19.6 Å². The number of anilines is 4. The first-order chi connectivity index (χ1) is 15.5. The summed E-state index contributed by atoms with van der Waals surface area (Å²) in [7, 11) is 0. The standard InChI is InChI=1S/C25H26N6O2.ClH/c1-13-9-19(26)17-11-15(5-7-21(17)28-13)30-23(32)25(3,4)24(33)31-16-6-8-22-18(12-16)20(27)10-14(2)29-22;/h5-12H,1-4H3,(H2,26,28)(H2,27,29)(H,30,32)(H,31,33);1H. The Kier molecular flexibility index (Phi) is 6.65. The zero-order valence-electron chi connectivity index (χ0n) is 19.4. The van der Waals surface area contributed by atoms with Crippen LogP contribution in [0.15, 0.2) is 48.5 Å². The molecule has 6 N–H and O–H groups in total. The summed E-state index contributed by atoms with van der Waals surface area (Å²) < 4.78 is 0. The topological polar surface area (TPSA) is 136 Å². The van der Waals surface area contributed by atoms with Gasteiger partial charge in [0.15, 0.2) is 0 Å². The van der Waals surface area contributed by atoms with E-state index in [-0.39, 0.29) is 12.4 Å². The lowest BCUT2D eigenvalue weighted by Crippen LogP contribution is -2.41. The Hall–Kier alpha value is -3.91. The molecule has 0 aliphatic heterocycles. The van der Waals surface area contributed by atoms with Crippen LogP contribution in [0.25, 0.3) is 21.8 Å². The summed E-state index contributed by atoms with van der Waals surface area (Å²) >= 11 is 0. The third-order valence-corrected chi connectivity index (χ3v) is 5.59. The van der Waals surface area contributed by atoms with Crippen molar-refractivity contribution >= 4 is 68.8 Å². The molecular weight excluding hydrogens is 452 g/mol. The smallest absolute Gasteiger partial charge is 0.239 e. The number of nitrogens with zero attached hydrogens (tertiary/aromatic N) is 2. The fourth-order valence-corrected chi connectivity index (χ4v) is 3.61. The second-order valence-electron chi connectivity index (χ2n) is 8.70. The van der Waals surface area contributed by atoms with Crippen molar-refractivity contribution in [1.82, 2.24) is 9.97 Å². The number of carbonyl (C=O) groups is 2. The molecule has 34 heavy (non-hydrogen) atoms. The SMILES string of the molecule is Cc1cc(N)c2cc(NC(=O)C(C)(C)C(=O)Nc3ccc4nc(C)cc(N)c4c3)ccc2n1.Cl. The Bertz CT molecular complexity index is 1330. The van der Waals surface area contributed by atoms with Crippen LogP contribution in [0.1, 0.15) is 25.2 Å². The molecule has 0 atom stereocenters. The second-order valence-corrected chi connectivity index (χ2v) is 8.70. The highest BCUT2D eigenvalue weighted by Crippen LogP contribution is 2.28. The van der Waals surface area contributed by atoms with Crippen molar-refractivity contribution in [2.24, 2.45) is 5.41 Å². The van der Waals surface area contributed by atoms with Crippen LogP contribution in [0.5, 0.6) is 0 Å². The number of aromatic nitrogens is 2. The fraction of sp³-hybridized carbons (Fsp3) is 0.200. The first kappa shape index (κ1) is 24.7. The molecule has 9 heteroatoms. The molecule has 0 saturated carbocycles. The molecule has 2 aromatic heterocycles. The third-order valence-electron chi connectivity index (χ3n) is 5.59. The van der Waals surface area contributed by atoms with E-state index in [1.165, 1.54) is 0 Å². The largest absolute Gasteiger partial charge is 0.398 e. The van der Waals surface area contributed by atoms with E-state index in [9.17, 15) is 9.59 Å². The summed E-state index contributed by atoms with van der Waals surface area (Å²) in [6.45, 7) is 6.87. The fourth-order valence-electron chi connectivity index (χ4n) is 3.61. The summed E-state index contributed by atoms with van der Waals surface area (Å²) in [5.74, 6) is -0.897. The number of nitrogens with two attached hydrogens (primary N) is 2. The van der Waals surface area contributed by atoms with Gasteiger partial charge < -0.3 is 22.1 Å². The van der Waals surface area contributed by atoms with Gasteiger partial charge in [-0.1, -0.05) is 0 Å². The number of amides is 2. The van der Waals surface area contributed by atoms with Crippen molar-refractivity contribution in [3.05, 3.63) is 59.9 Å². The van der Waals surface area contributed by atoms with Crippen LogP contribution in [-0.4, -0.2) is 21.8 Å². The summed E-state index contributed by atoms with van der Waals surface area (Å²) in [6, 6.07) is 14.1. The van der Waals surface area contributed by atoms with Gasteiger partial charge in [-0.15, -0.1) is 12.4 Å². The lowest BCUT2D eigenvalue weighted by Gasteiger charge is -2.23. The Balaban J connectivity index is 0.00000324. The number of halogens is 1. The number of nitrogen functional groups attached to an aromatic ring is 2. The van der Waals surface area contributed by atoms with E-state index in [1.54, 1.807) is 62.4 Å². The molecule has 0 fully saturated rings. The number of aryl methyl sites for hydroxylation is 2. The first-order valence-electron chi connectivity index (χ1n) is 10.5. The molecule has 2 amide bonds. The summed E-state index contributed by atoms with van der Waals surface area (Å²) in [5, 5.41) is 7.10. The van der Waals surface area contributed by atoms with Crippen molar-refractivity contribution in [3.8, 4) is 0 Å². The Morgan fingerprint density at radius 3 is 1.50 bits per heavy atom. The van der Waals surface area contributed by atoms with E-state index in [1.807, 2.05) is 13.8 Å². The lowest BCUT2D eigenvalue weighted by atomic mass is 9.90. The van der Waals surface area contributed by atoms with E-state index in [4.69, 9.17) is 11.5 Å². The highest BCUT2D eigenvalue weighted by Gasteiger charge is 2.36. The van der Waals surface area contributed by atoms with Gasteiger partial charge in [0.1, 0.15) is 5.41 Å². The van der Waals surface area contributed by atoms with Gasteiger partial charge in [0, 0.05) is 44.9 Å². The maximum Gasteiger partial charge on any atom is 0.239 e. The molecule has 0 unspecified atom stereocenters. The van der Waals surface area contributed by atoms with Crippen molar-refractivity contribution in [2.75, 3.05) is 22.1 Å². The zero-order chi connectivity index (χ0) is 23.9. The monoisotopic (exact) mass is 478 g/mol. The van der Waals surface area contributed by atoms with E-state index in [0.717, 1.165) is 33.2 Å². The van der Waals surface area contributed by atoms with Gasteiger partial charge in [0.2, 0.25) is 11.8 Å².